The van der Waals surface area contributed by atoms with Gasteiger partial charge < -0.3 is 0 Å². The Bertz CT molecular complexity index is 488. The Hall–Kier alpha value is -1.88. The molecule has 0 N–H and O–H groups in total. The monoisotopic (exact) mass is 241 g/mol. The summed E-state index contributed by atoms with van der Waals surface area (Å²) in [6.07, 6.45) is 0.577. The van der Waals surface area contributed by atoms with E-state index in [0.717, 1.165) is 5.56 Å². The molecule has 1 aliphatic heterocycles. The standard InChI is InChI=1S/C14H15N3O/c1-14(12-6-3-2-4-7-12)10-13(11-16)18-17(14)9-5-8-15/h2-4,6-7,13H,5,9-10H2,1H3. The molecule has 18 heavy (non-hydrogen) atoms. The first kappa shape index (κ1) is 12.6. The number of hydroxylamine groups is 2. The smallest absolute Gasteiger partial charge is 0.167 e. The van der Waals surface area contributed by atoms with Crippen LogP contribution in [0.2, 0.25) is 0 Å². The van der Waals surface area contributed by atoms with Crippen LogP contribution in [0.4, 0.5) is 0 Å². The van der Waals surface area contributed by atoms with E-state index < -0.39 is 6.10 Å². The van der Waals surface area contributed by atoms with E-state index >= 15 is 0 Å². The van der Waals surface area contributed by atoms with Crippen molar-refractivity contribution in [3.63, 3.8) is 0 Å². The van der Waals surface area contributed by atoms with Crippen LogP contribution in [0.25, 0.3) is 0 Å². The highest BCUT2D eigenvalue weighted by molar-refractivity contribution is 5.25. The molecule has 0 amide bonds. The molecule has 0 bridgehead atoms. The molecule has 2 atom stereocenters. The Balaban J connectivity index is 2.28. The van der Waals surface area contributed by atoms with Gasteiger partial charge in [0.2, 0.25) is 0 Å². The Morgan fingerprint density at radius 3 is 2.72 bits per heavy atom. The lowest BCUT2D eigenvalue weighted by molar-refractivity contribution is -0.174. The van der Waals surface area contributed by atoms with E-state index in [-0.39, 0.29) is 5.54 Å². The summed E-state index contributed by atoms with van der Waals surface area (Å²) in [7, 11) is 0. The summed E-state index contributed by atoms with van der Waals surface area (Å²) in [6.45, 7) is 2.57. The second kappa shape index (κ2) is 5.18. The van der Waals surface area contributed by atoms with Gasteiger partial charge in [-0.2, -0.15) is 15.6 Å². The molecule has 0 spiro atoms. The minimum Gasteiger partial charge on any atom is -0.280 e. The van der Waals surface area contributed by atoms with Gasteiger partial charge in [0, 0.05) is 13.0 Å². The van der Waals surface area contributed by atoms with Crippen molar-refractivity contribution in [3.05, 3.63) is 35.9 Å². The Morgan fingerprint density at radius 2 is 2.11 bits per heavy atom. The van der Waals surface area contributed by atoms with Crippen LogP contribution >= 0.6 is 0 Å². The summed E-state index contributed by atoms with van der Waals surface area (Å²) in [6, 6.07) is 14.2. The summed E-state index contributed by atoms with van der Waals surface area (Å²) in [5.41, 5.74) is 0.777. The van der Waals surface area contributed by atoms with Gasteiger partial charge >= 0.3 is 0 Å². The average Bonchev–Trinajstić information content (AvgIpc) is 2.75. The first-order valence-corrected chi connectivity index (χ1v) is 5.97. The van der Waals surface area contributed by atoms with Crippen LogP contribution in [0.15, 0.2) is 30.3 Å². The molecule has 0 aliphatic carbocycles. The number of hydrogen-bond donors (Lipinski definition) is 0. The van der Waals surface area contributed by atoms with Crippen molar-refractivity contribution < 1.29 is 4.84 Å². The largest absolute Gasteiger partial charge is 0.280 e. The lowest BCUT2D eigenvalue weighted by atomic mass is 9.87. The fourth-order valence-corrected chi connectivity index (χ4v) is 2.35. The van der Waals surface area contributed by atoms with Gasteiger partial charge in [-0.05, 0) is 12.5 Å². The lowest BCUT2D eigenvalue weighted by Crippen LogP contribution is -2.38. The summed E-state index contributed by atoms with van der Waals surface area (Å²) in [5, 5.41) is 19.5. The molecular formula is C14H15N3O. The SMILES string of the molecule is CC1(c2ccccc2)CC(C#N)ON1CCC#N. The van der Waals surface area contributed by atoms with E-state index in [9.17, 15) is 0 Å². The number of nitriles is 2. The number of rotatable bonds is 3. The Morgan fingerprint density at radius 1 is 1.39 bits per heavy atom. The molecule has 0 aromatic heterocycles. The van der Waals surface area contributed by atoms with Crippen LogP contribution in [-0.2, 0) is 10.4 Å². The molecule has 0 radical (unpaired) electrons. The summed E-state index contributed by atoms with van der Waals surface area (Å²) >= 11 is 0. The minimum absolute atomic E-state index is 0.335. The maximum Gasteiger partial charge on any atom is 0.167 e. The number of hydrogen-bond acceptors (Lipinski definition) is 4. The zero-order valence-corrected chi connectivity index (χ0v) is 10.3. The van der Waals surface area contributed by atoms with Crippen molar-refractivity contribution in [1.82, 2.24) is 5.06 Å². The lowest BCUT2D eigenvalue weighted by Gasteiger charge is -2.32. The molecule has 1 heterocycles. The van der Waals surface area contributed by atoms with Crippen molar-refractivity contribution in [2.45, 2.75) is 31.4 Å². The van der Waals surface area contributed by atoms with Crippen LogP contribution in [0.3, 0.4) is 0 Å². The quantitative estimate of drug-likeness (QED) is 0.815. The Kier molecular flexibility index (Phi) is 3.62. The molecule has 4 heteroatoms. The van der Waals surface area contributed by atoms with Crippen molar-refractivity contribution in [1.29, 1.82) is 10.5 Å². The molecule has 1 aromatic carbocycles. The van der Waals surface area contributed by atoms with E-state index in [1.807, 2.05) is 30.3 Å². The molecule has 2 unspecified atom stereocenters. The third-order valence-corrected chi connectivity index (χ3v) is 3.35. The molecule has 1 fully saturated rings. The molecule has 1 saturated heterocycles. The van der Waals surface area contributed by atoms with E-state index in [2.05, 4.69) is 19.1 Å². The van der Waals surface area contributed by atoms with Crippen LogP contribution in [0.5, 0.6) is 0 Å². The van der Waals surface area contributed by atoms with E-state index in [1.165, 1.54) is 0 Å². The maximum absolute atomic E-state index is 9.02. The maximum atomic E-state index is 9.02. The third kappa shape index (κ3) is 2.22. The van der Waals surface area contributed by atoms with Crippen LogP contribution in [0.1, 0.15) is 25.3 Å². The van der Waals surface area contributed by atoms with Gasteiger partial charge in [0.15, 0.2) is 6.10 Å². The molecule has 1 aliphatic rings. The zero-order chi connectivity index (χ0) is 13.0. The van der Waals surface area contributed by atoms with Crippen LogP contribution in [0, 0.1) is 22.7 Å². The average molecular weight is 241 g/mol. The Labute approximate surface area is 107 Å². The van der Waals surface area contributed by atoms with Crippen molar-refractivity contribution >= 4 is 0 Å². The second-order valence-electron chi connectivity index (χ2n) is 4.58. The van der Waals surface area contributed by atoms with Gasteiger partial charge in [0.05, 0.1) is 24.1 Å². The van der Waals surface area contributed by atoms with E-state index in [4.69, 9.17) is 15.4 Å². The highest BCUT2D eigenvalue weighted by Crippen LogP contribution is 2.39. The van der Waals surface area contributed by atoms with Gasteiger partial charge in [0.25, 0.3) is 0 Å². The third-order valence-electron chi connectivity index (χ3n) is 3.35. The van der Waals surface area contributed by atoms with E-state index in [0.29, 0.717) is 19.4 Å². The molecule has 92 valence electrons. The molecule has 2 rings (SSSR count). The highest BCUT2D eigenvalue weighted by Gasteiger charge is 2.44. The van der Waals surface area contributed by atoms with Crippen LogP contribution in [-0.4, -0.2) is 17.7 Å². The van der Waals surface area contributed by atoms with Gasteiger partial charge in [-0.3, -0.25) is 4.84 Å². The van der Waals surface area contributed by atoms with Gasteiger partial charge in [-0.1, -0.05) is 30.3 Å². The minimum atomic E-state index is -0.436. The fraction of sp³-hybridized carbons (Fsp3) is 0.429. The van der Waals surface area contributed by atoms with Crippen LogP contribution < -0.4 is 0 Å². The summed E-state index contributed by atoms with van der Waals surface area (Å²) < 4.78 is 0. The topological polar surface area (TPSA) is 60.0 Å². The van der Waals surface area contributed by atoms with Crippen molar-refractivity contribution in [2.75, 3.05) is 6.54 Å². The predicted molar refractivity (Wildman–Crippen MR) is 65.8 cm³/mol. The van der Waals surface area contributed by atoms with Crippen molar-refractivity contribution in [3.8, 4) is 12.1 Å². The molecular weight excluding hydrogens is 226 g/mol. The zero-order valence-electron chi connectivity index (χ0n) is 10.3. The normalized spacial score (nSPS) is 27.6. The highest BCUT2D eigenvalue weighted by atomic mass is 16.7. The molecule has 1 aromatic rings. The first-order valence-electron chi connectivity index (χ1n) is 5.97. The second-order valence-corrected chi connectivity index (χ2v) is 4.58. The fourth-order valence-electron chi connectivity index (χ4n) is 2.35. The summed E-state index contributed by atoms with van der Waals surface area (Å²) in [4.78, 5) is 5.60. The number of benzene rings is 1. The summed E-state index contributed by atoms with van der Waals surface area (Å²) in [5.74, 6) is 0. The van der Waals surface area contributed by atoms with Gasteiger partial charge in [-0.25, -0.2) is 0 Å². The predicted octanol–water partition coefficient (Wildman–Crippen LogP) is 2.34. The first-order chi connectivity index (χ1) is 8.70. The molecule has 0 saturated carbocycles. The number of nitrogens with zero attached hydrogens (tertiary/aromatic N) is 3. The van der Waals surface area contributed by atoms with E-state index in [1.54, 1.807) is 5.06 Å². The van der Waals surface area contributed by atoms with Gasteiger partial charge in [-0.15, -0.1) is 0 Å². The molecule has 4 nitrogen and oxygen atoms in total. The van der Waals surface area contributed by atoms with Crippen molar-refractivity contribution in [2.24, 2.45) is 0 Å². The van der Waals surface area contributed by atoms with Gasteiger partial charge in [0.1, 0.15) is 0 Å².